The second-order valence-electron chi connectivity index (χ2n) is 4.82. The molecule has 0 saturated heterocycles. The first-order valence-electron chi connectivity index (χ1n) is 6.57. The standard InChI is InChI=1S/C15H20BrN3/c1-4-15-13(10-19(3)18-15)9-17-8-12-6-5-11(2)14(16)7-12/h5-7,10,17H,4,8-9H2,1-3H3. The maximum Gasteiger partial charge on any atom is 0.0666 e. The Morgan fingerprint density at radius 3 is 2.79 bits per heavy atom. The Balaban J connectivity index is 1.94. The lowest BCUT2D eigenvalue weighted by Gasteiger charge is -2.06. The fraction of sp³-hybridized carbons (Fsp3) is 0.400. The first-order valence-corrected chi connectivity index (χ1v) is 7.36. The van der Waals surface area contributed by atoms with Crippen molar-refractivity contribution in [2.75, 3.05) is 0 Å². The van der Waals surface area contributed by atoms with Crippen LogP contribution in [0.25, 0.3) is 0 Å². The van der Waals surface area contributed by atoms with Gasteiger partial charge in [0.05, 0.1) is 5.69 Å². The van der Waals surface area contributed by atoms with Crippen molar-refractivity contribution in [1.82, 2.24) is 15.1 Å². The zero-order valence-electron chi connectivity index (χ0n) is 11.7. The van der Waals surface area contributed by atoms with Gasteiger partial charge in [0.15, 0.2) is 0 Å². The van der Waals surface area contributed by atoms with Crippen molar-refractivity contribution in [3.63, 3.8) is 0 Å². The third-order valence-corrected chi connectivity index (χ3v) is 4.06. The Morgan fingerprint density at radius 1 is 1.32 bits per heavy atom. The van der Waals surface area contributed by atoms with E-state index < -0.39 is 0 Å². The second kappa shape index (κ2) is 6.35. The summed E-state index contributed by atoms with van der Waals surface area (Å²) < 4.78 is 3.06. The molecule has 0 atom stereocenters. The minimum Gasteiger partial charge on any atom is -0.308 e. The van der Waals surface area contributed by atoms with Crippen molar-refractivity contribution in [3.8, 4) is 0 Å². The highest BCUT2D eigenvalue weighted by molar-refractivity contribution is 9.10. The third-order valence-electron chi connectivity index (χ3n) is 3.21. The van der Waals surface area contributed by atoms with Crippen molar-refractivity contribution in [2.45, 2.75) is 33.4 Å². The molecule has 4 heteroatoms. The van der Waals surface area contributed by atoms with Crippen LogP contribution in [0.5, 0.6) is 0 Å². The number of nitrogens with zero attached hydrogens (tertiary/aromatic N) is 2. The summed E-state index contributed by atoms with van der Waals surface area (Å²) in [7, 11) is 1.97. The van der Waals surface area contributed by atoms with E-state index in [9.17, 15) is 0 Å². The third kappa shape index (κ3) is 3.67. The molecule has 1 N–H and O–H groups in total. The van der Waals surface area contributed by atoms with E-state index in [1.165, 1.54) is 26.9 Å². The molecule has 0 bridgehead atoms. The zero-order valence-corrected chi connectivity index (χ0v) is 13.3. The van der Waals surface area contributed by atoms with Crippen molar-refractivity contribution < 1.29 is 0 Å². The molecule has 0 spiro atoms. The van der Waals surface area contributed by atoms with E-state index in [1.807, 2.05) is 11.7 Å². The van der Waals surface area contributed by atoms with Crippen LogP contribution in [-0.2, 0) is 26.6 Å². The largest absolute Gasteiger partial charge is 0.308 e. The Labute approximate surface area is 123 Å². The number of hydrogen-bond donors (Lipinski definition) is 1. The highest BCUT2D eigenvalue weighted by Crippen LogP contribution is 2.17. The van der Waals surface area contributed by atoms with Crippen LogP contribution in [0.3, 0.4) is 0 Å². The van der Waals surface area contributed by atoms with Gasteiger partial charge in [0.2, 0.25) is 0 Å². The molecule has 0 fully saturated rings. The molecule has 19 heavy (non-hydrogen) atoms. The predicted octanol–water partition coefficient (Wildman–Crippen LogP) is 3.34. The maximum atomic E-state index is 4.45. The molecule has 102 valence electrons. The summed E-state index contributed by atoms with van der Waals surface area (Å²) in [4.78, 5) is 0. The number of aryl methyl sites for hydroxylation is 3. The smallest absolute Gasteiger partial charge is 0.0666 e. The van der Waals surface area contributed by atoms with Crippen LogP contribution in [0.1, 0.15) is 29.3 Å². The van der Waals surface area contributed by atoms with Crippen LogP contribution in [0, 0.1) is 6.92 Å². The van der Waals surface area contributed by atoms with Gasteiger partial charge >= 0.3 is 0 Å². The van der Waals surface area contributed by atoms with E-state index in [0.29, 0.717) is 0 Å². The van der Waals surface area contributed by atoms with Gasteiger partial charge in [-0.15, -0.1) is 0 Å². The molecule has 0 aliphatic rings. The fourth-order valence-electron chi connectivity index (χ4n) is 2.12. The molecule has 0 aliphatic heterocycles. The molecule has 3 nitrogen and oxygen atoms in total. The fourth-order valence-corrected chi connectivity index (χ4v) is 2.54. The van der Waals surface area contributed by atoms with E-state index in [1.54, 1.807) is 0 Å². The second-order valence-corrected chi connectivity index (χ2v) is 5.67. The van der Waals surface area contributed by atoms with Crippen LogP contribution in [0.15, 0.2) is 28.9 Å². The van der Waals surface area contributed by atoms with Gasteiger partial charge < -0.3 is 5.32 Å². The number of nitrogens with one attached hydrogen (secondary N) is 1. The van der Waals surface area contributed by atoms with Gasteiger partial charge in [-0.05, 0) is 30.5 Å². The lowest BCUT2D eigenvalue weighted by Crippen LogP contribution is -2.13. The van der Waals surface area contributed by atoms with Crippen molar-refractivity contribution in [1.29, 1.82) is 0 Å². The van der Waals surface area contributed by atoms with Crippen LogP contribution in [0.2, 0.25) is 0 Å². The van der Waals surface area contributed by atoms with Crippen molar-refractivity contribution >= 4 is 15.9 Å². The van der Waals surface area contributed by atoms with Gasteiger partial charge in [0.25, 0.3) is 0 Å². The monoisotopic (exact) mass is 321 g/mol. The Bertz CT molecular complexity index is 561. The number of benzene rings is 1. The highest BCUT2D eigenvalue weighted by Gasteiger charge is 2.05. The van der Waals surface area contributed by atoms with Crippen molar-refractivity contribution in [2.24, 2.45) is 7.05 Å². The van der Waals surface area contributed by atoms with Gasteiger partial charge in [-0.3, -0.25) is 4.68 Å². The molecule has 0 aliphatic carbocycles. The average Bonchev–Trinajstić information content (AvgIpc) is 2.74. The number of rotatable bonds is 5. The number of aromatic nitrogens is 2. The van der Waals surface area contributed by atoms with E-state index in [-0.39, 0.29) is 0 Å². The summed E-state index contributed by atoms with van der Waals surface area (Å²) in [5.74, 6) is 0. The molecular weight excluding hydrogens is 302 g/mol. The first-order chi connectivity index (χ1) is 9.10. The SMILES string of the molecule is CCc1nn(C)cc1CNCc1ccc(C)c(Br)c1. The summed E-state index contributed by atoms with van der Waals surface area (Å²) in [5, 5.41) is 7.93. The van der Waals surface area contributed by atoms with Gasteiger partial charge in [0, 0.05) is 36.4 Å². The lowest BCUT2D eigenvalue weighted by atomic mass is 10.1. The Kier molecular flexibility index (Phi) is 4.77. The first kappa shape index (κ1) is 14.3. The summed E-state index contributed by atoms with van der Waals surface area (Å²) in [6.07, 6.45) is 3.07. The van der Waals surface area contributed by atoms with Crippen LogP contribution in [-0.4, -0.2) is 9.78 Å². The number of hydrogen-bond acceptors (Lipinski definition) is 2. The predicted molar refractivity (Wildman–Crippen MR) is 82.0 cm³/mol. The van der Waals surface area contributed by atoms with E-state index in [4.69, 9.17) is 0 Å². The number of halogens is 1. The Morgan fingerprint density at radius 2 is 2.11 bits per heavy atom. The Hall–Kier alpha value is -1.13. The van der Waals surface area contributed by atoms with E-state index in [2.05, 4.69) is 64.6 Å². The van der Waals surface area contributed by atoms with Gasteiger partial charge in [0.1, 0.15) is 0 Å². The molecule has 2 aromatic rings. The molecule has 1 heterocycles. The van der Waals surface area contributed by atoms with Crippen LogP contribution < -0.4 is 5.32 Å². The molecule has 0 saturated carbocycles. The summed E-state index contributed by atoms with van der Waals surface area (Å²) in [6.45, 7) is 5.98. The average molecular weight is 322 g/mol. The van der Waals surface area contributed by atoms with Crippen LogP contribution >= 0.6 is 15.9 Å². The molecule has 1 aromatic heterocycles. The molecule has 0 radical (unpaired) electrons. The van der Waals surface area contributed by atoms with E-state index >= 15 is 0 Å². The molecule has 0 amide bonds. The molecule has 1 aromatic carbocycles. The molecule has 0 unspecified atom stereocenters. The van der Waals surface area contributed by atoms with Crippen molar-refractivity contribution in [3.05, 3.63) is 51.3 Å². The lowest BCUT2D eigenvalue weighted by molar-refractivity contribution is 0.688. The molecule has 2 rings (SSSR count). The maximum absolute atomic E-state index is 4.45. The molecular formula is C15H20BrN3. The van der Waals surface area contributed by atoms with Gasteiger partial charge in [-0.2, -0.15) is 5.10 Å². The quantitative estimate of drug-likeness (QED) is 0.915. The van der Waals surface area contributed by atoms with Gasteiger partial charge in [-0.1, -0.05) is 35.0 Å². The van der Waals surface area contributed by atoms with E-state index in [0.717, 1.165) is 19.5 Å². The topological polar surface area (TPSA) is 29.9 Å². The normalized spacial score (nSPS) is 10.9. The minimum atomic E-state index is 0.864. The van der Waals surface area contributed by atoms with Crippen LogP contribution in [0.4, 0.5) is 0 Å². The zero-order chi connectivity index (χ0) is 13.8. The summed E-state index contributed by atoms with van der Waals surface area (Å²) in [5.41, 5.74) is 5.03. The minimum absolute atomic E-state index is 0.864. The summed E-state index contributed by atoms with van der Waals surface area (Å²) >= 11 is 3.57. The highest BCUT2D eigenvalue weighted by atomic mass is 79.9. The summed E-state index contributed by atoms with van der Waals surface area (Å²) in [6, 6.07) is 6.48. The van der Waals surface area contributed by atoms with Gasteiger partial charge in [-0.25, -0.2) is 0 Å².